The van der Waals surface area contributed by atoms with Gasteiger partial charge in [-0.3, -0.25) is 9.89 Å². The summed E-state index contributed by atoms with van der Waals surface area (Å²) in [4.78, 5) is 19.6. The summed E-state index contributed by atoms with van der Waals surface area (Å²) in [7, 11) is 1.57. The molecule has 1 unspecified atom stereocenters. The number of carbonyl (C=O) groups is 1. The Labute approximate surface area is 145 Å². The van der Waals surface area contributed by atoms with Crippen molar-refractivity contribution >= 4 is 16.8 Å². The molecule has 25 heavy (non-hydrogen) atoms. The Balaban J connectivity index is 1.67. The molecule has 1 amide bonds. The number of aromatic amines is 1. The van der Waals surface area contributed by atoms with Crippen LogP contribution in [0.5, 0.6) is 5.88 Å². The van der Waals surface area contributed by atoms with E-state index in [9.17, 15) is 4.79 Å². The largest absolute Gasteiger partial charge is 0.481 e. The van der Waals surface area contributed by atoms with Crippen molar-refractivity contribution in [2.45, 2.75) is 18.8 Å². The molecule has 6 nitrogen and oxygen atoms in total. The molecule has 1 aliphatic rings. The molecule has 4 rings (SSSR count). The molecule has 0 saturated carbocycles. The molecule has 3 aromatic rings. The van der Waals surface area contributed by atoms with Crippen LogP contribution in [0.4, 0.5) is 0 Å². The summed E-state index contributed by atoms with van der Waals surface area (Å²) in [6.45, 7) is 1.46. The van der Waals surface area contributed by atoms with Crippen LogP contribution in [0.1, 0.15) is 34.8 Å². The van der Waals surface area contributed by atoms with E-state index in [0.29, 0.717) is 23.9 Å². The Morgan fingerprint density at radius 1 is 1.32 bits per heavy atom. The van der Waals surface area contributed by atoms with Crippen molar-refractivity contribution in [2.24, 2.45) is 0 Å². The number of hydrogen-bond acceptors (Lipinski definition) is 4. The maximum atomic E-state index is 13.2. The predicted molar refractivity (Wildman–Crippen MR) is 94.8 cm³/mol. The van der Waals surface area contributed by atoms with Crippen LogP contribution < -0.4 is 4.74 Å². The average molecular weight is 336 g/mol. The molecule has 1 atom stereocenters. The summed E-state index contributed by atoms with van der Waals surface area (Å²) in [5.41, 5.74) is 2.51. The van der Waals surface area contributed by atoms with Crippen molar-refractivity contribution < 1.29 is 9.53 Å². The second-order valence-electron chi connectivity index (χ2n) is 6.33. The van der Waals surface area contributed by atoms with E-state index in [4.69, 9.17) is 4.74 Å². The van der Waals surface area contributed by atoms with Crippen molar-refractivity contribution in [1.29, 1.82) is 0 Å². The highest BCUT2D eigenvalue weighted by Gasteiger charge is 2.27. The molecule has 1 saturated heterocycles. The minimum Gasteiger partial charge on any atom is -0.481 e. The van der Waals surface area contributed by atoms with Gasteiger partial charge in [0.05, 0.1) is 18.2 Å². The van der Waals surface area contributed by atoms with Crippen molar-refractivity contribution in [3.05, 3.63) is 53.9 Å². The summed E-state index contributed by atoms with van der Waals surface area (Å²) in [5, 5.41) is 7.93. The molecular weight excluding hydrogens is 316 g/mol. The Morgan fingerprint density at radius 3 is 3.00 bits per heavy atom. The van der Waals surface area contributed by atoms with Gasteiger partial charge < -0.3 is 9.64 Å². The molecule has 128 valence electrons. The zero-order valence-corrected chi connectivity index (χ0v) is 14.1. The smallest absolute Gasteiger partial charge is 0.254 e. The fourth-order valence-electron chi connectivity index (χ4n) is 3.51. The van der Waals surface area contributed by atoms with Crippen LogP contribution in [0.3, 0.4) is 0 Å². The maximum Gasteiger partial charge on any atom is 0.254 e. The van der Waals surface area contributed by atoms with Crippen LogP contribution in [0, 0.1) is 0 Å². The van der Waals surface area contributed by atoms with Gasteiger partial charge in [0.1, 0.15) is 0 Å². The molecule has 1 fully saturated rings. The number of likely N-dealkylation sites (tertiary alicyclic amines) is 1. The molecule has 0 aliphatic carbocycles. The topological polar surface area (TPSA) is 71.1 Å². The summed E-state index contributed by atoms with van der Waals surface area (Å²) < 4.78 is 5.29. The first-order valence-electron chi connectivity index (χ1n) is 8.48. The molecule has 1 aliphatic heterocycles. The number of methoxy groups -OCH3 is 1. The van der Waals surface area contributed by atoms with E-state index in [1.807, 2.05) is 35.2 Å². The third-order valence-corrected chi connectivity index (χ3v) is 4.80. The number of fused-ring (bicyclic) bond motifs is 1. The van der Waals surface area contributed by atoms with Gasteiger partial charge in [0.2, 0.25) is 5.88 Å². The molecule has 1 N–H and O–H groups in total. The number of ether oxygens (including phenoxy) is 1. The molecular formula is C19H20N4O2. The Hall–Kier alpha value is -2.89. The number of amides is 1. The summed E-state index contributed by atoms with van der Waals surface area (Å²) >= 11 is 0. The summed E-state index contributed by atoms with van der Waals surface area (Å²) in [6, 6.07) is 11.4. The van der Waals surface area contributed by atoms with Crippen LogP contribution in [0.2, 0.25) is 0 Å². The lowest BCUT2D eigenvalue weighted by Gasteiger charge is -2.32. The fraction of sp³-hybridized carbons (Fsp3) is 0.316. The maximum absolute atomic E-state index is 13.2. The van der Waals surface area contributed by atoms with Gasteiger partial charge in [-0.05, 0) is 25.0 Å². The Bertz CT molecular complexity index is 892. The first-order chi connectivity index (χ1) is 12.3. The average Bonchev–Trinajstić information content (AvgIpc) is 3.21. The van der Waals surface area contributed by atoms with E-state index in [0.717, 1.165) is 36.0 Å². The molecule has 0 radical (unpaired) electrons. The van der Waals surface area contributed by atoms with Gasteiger partial charge in [-0.25, -0.2) is 4.98 Å². The van der Waals surface area contributed by atoms with E-state index in [1.165, 1.54) is 0 Å². The van der Waals surface area contributed by atoms with Crippen molar-refractivity contribution in [1.82, 2.24) is 20.1 Å². The monoisotopic (exact) mass is 336 g/mol. The Kier molecular flexibility index (Phi) is 4.09. The third-order valence-electron chi connectivity index (χ3n) is 4.80. The predicted octanol–water partition coefficient (Wildman–Crippen LogP) is 2.99. The van der Waals surface area contributed by atoms with E-state index >= 15 is 0 Å². The lowest BCUT2D eigenvalue weighted by molar-refractivity contribution is 0.0707. The van der Waals surface area contributed by atoms with Crippen LogP contribution >= 0.6 is 0 Å². The van der Waals surface area contributed by atoms with Crippen LogP contribution in [0.25, 0.3) is 10.9 Å². The standard InChI is InChI=1S/C19H20N4O2/c1-25-18-11-15(14-6-2-3-7-17(14)21-18)19(24)23-10-4-5-13(12-23)16-8-9-20-22-16/h2-3,6-9,11,13H,4-5,10,12H2,1H3,(H,20,22). The van der Waals surface area contributed by atoms with Crippen molar-refractivity contribution in [3.63, 3.8) is 0 Å². The number of nitrogens with one attached hydrogen (secondary N) is 1. The molecule has 0 bridgehead atoms. The van der Waals surface area contributed by atoms with Gasteiger partial charge in [0, 0.05) is 42.4 Å². The van der Waals surface area contributed by atoms with Gasteiger partial charge in [-0.1, -0.05) is 18.2 Å². The second-order valence-corrected chi connectivity index (χ2v) is 6.33. The molecule has 3 heterocycles. The number of nitrogens with zero attached hydrogens (tertiary/aromatic N) is 3. The summed E-state index contributed by atoms with van der Waals surface area (Å²) in [5.74, 6) is 0.792. The minimum absolute atomic E-state index is 0.0288. The number of H-pyrrole nitrogens is 1. The zero-order valence-electron chi connectivity index (χ0n) is 14.1. The number of aromatic nitrogens is 3. The van der Waals surface area contributed by atoms with E-state index in [-0.39, 0.29) is 5.91 Å². The van der Waals surface area contributed by atoms with Gasteiger partial charge in [0.25, 0.3) is 5.91 Å². The van der Waals surface area contributed by atoms with Gasteiger partial charge in [-0.2, -0.15) is 5.10 Å². The van der Waals surface area contributed by atoms with Crippen molar-refractivity contribution in [3.8, 4) is 5.88 Å². The normalized spacial score (nSPS) is 17.6. The lowest BCUT2D eigenvalue weighted by atomic mass is 9.94. The minimum atomic E-state index is 0.0288. The molecule has 2 aromatic heterocycles. The Morgan fingerprint density at radius 2 is 2.20 bits per heavy atom. The molecule has 1 aromatic carbocycles. The fourth-order valence-corrected chi connectivity index (χ4v) is 3.51. The highest BCUT2D eigenvalue weighted by atomic mass is 16.5. The number of pyridine rings is 1. The van der Waals surface area contributed by atoms with E-state index < -0.39 is 0 Å². The lowest BCUT2D eigenvalue weighted by Crippen LogP contribution is -2.39. The zero-order chi connectivity index (χ0) is 17.2. The molecule has 6 heteroatoms. The first-order valence-corrected chi connectivity index (χ1v) is 8.48. The number of para-hydroxylation sites is 1. The number of benzene rings is 1. The number of rotatable bonds is 3. The number of carbonyl (C=O) groups excluding carboxylic acids is 1. The SMILES string of the molecule is COc1cc(C(=O)N2CCCC(c3ccn[nH]3)C2)c2ccccc2n1. The third kappa shape index (κ3) is 2.95. The second kappa shape index (κ2) is 6.55. The highest BCUT2D eigenvalue weighted by Crippen LogP contribution is 2.28. The summed E-state index contributed by atoms with van der Waals surface area (Å²) in [6.07, 6.45) is 3.80. The quantitative estimate of drug-likeness (QED) is 0.798. The highest BCUT2D eigenvalue weighted by molar-refractivity contribution is 6.06. The molecule has 0 spiro atoms. The van der Waals surface area contributed by atoms with E-state index in [1.54, 1.807) is 19.4 Å². The van der Waals surface area contributed by atoms with Gasteiger partial charge in [0.15, 0.2) is 0 Å². The first kappa shape index (κ1) is 15.6. The van der Waals surface area contributed by atoms with Crippen LogP contribution in [-0.2, 0) is 0 Å². The van der Waals surface area contributed by atoms with Gasteiger partial charge in [-0.15, -0.1) is 0 Å². The number of piperidine rings is 1. The van der Waals surface area contributed by atoms with Crippen molar-refractivity contribution in [2.75, 3.05) is 20.2 Å². The van der Waals surface area contributed by atoms with E-state index in [2.05, 4.69) is 15.2 Å². The van der Waals surface area contributed by atoms with Crippen LogP contribution in [0.15, 0.2) is 42.6 Å². The van der Waals surface area contributed by atoms with Gasteiger partial charge >= 0.3 is 0 Å². The number of hydrogen-bond donors (Lipinski definition) is 1. The van der Waals surface area contributed by atoms with Crippen LogP contribution in [-0.4, -0.2) is 46.2 Å².